The van der Waals surface area contributed by atoms with Crippen LogP contribution in [0, 0.1) is 18.7 Å². The summed E-state index contributed by atoms with van der Waals surface area (Å²) in [5, 5.41) is 8.36. The maximum absolute atomic E-state index is 13.7. The van der Waals surface area contributed by atoms with Gasteiger partial charge in [0.2, 0.25) is 5.95 Å². The van der Waals surface area contributed by atoms with Gasteiger partial charge in [0.05, 0.1) is 5.39 Å². The molecule has 29 heavy (non-hydrogen) atoms. The first kappa shape index (κ1) is 18.3. The number of fused-ring (bicyclic) bond motifs is 2. The van der Waals surface area contributed by atoms with Gasteiger partial charge in [-0.1, -0.05) is 5.16 Å². The number of rotatable bonds is 4. The van der Waals surface area contributed by atoms with Crippen LogP contribution in [0.15, 0.2) is 35.1 Å². The summed E-state index contributed by atoms with van der Waals surface area (Å²) in [5.41, 5.74) is 1.70. The van der Waals surface area contributed by atoms with Gasteiger partial charge in [-0.05, 0) is 49.4 Å². The molecule has 152 valence electrons. The fraction of sp³-hybridized carbons (Fsp3) is 0.476. The van der Waals surface area contributed by atoms with E-state index in [4.69, 9.17) is 4.52 Å². The molecule has 3 aromatic rings. The number of aryl methyl sites for hydroxylation is 1. The second-order valence-electron chi connectivity index (χ2n) is 8.15. The summed E-state index contributed by atoms with van der Waals surface area (Å²) in [6, 6.07) is 5.07. The van der Waals surface area contributed by atoms with E-state index in [1.807, 2.05) is 19.3 Å². The van der Waals surface area contributed by atoms with Crippen molar-refractivity contribution >= 4 is 22.7 Å². The molecular formula is C21H25FN6O. The first-order valence-corrected chi connectivity index (χ1v) is 10.2. The predicted molar refractivity (Wildman–Crippen MR) is 110 cm³/mol. The molecule has 4 heterocycles. The summed E-state index contributed by atoms with van der Waals surface area (Å²) in [5.74, 6) is 1.79. The van der Waals surface area contributed by atoms with Crippen molar-refractivity contribution in [1.82, 2.24) is 20.0 Å². The molecule has 8 heteroatoms. The highest BCUT2D eigenvalue weighted by Gasteiger charge is 2.34. The molecule has 5 rings (SSSR count). The van der Waals surface area contributed by atoms with Gasteiger partial charge in [0.15, 0.2) is 11.4 Å². The van der Waals surface area contributed by atoms with Crippen LogP contribution >= 0.6 is 0 Å². The van der Waals surface area contributed by atoms with Gasteiger partial charge in [0, 0.05) is 51.2 Å². The van der Waals surface area contributed by atoms with E-state index in [0.717, 1.165) is 55.9 Å². The van der Waals surface area contributed by atoms with Crippen LogP contribution in [0.4, 0.5) is 16.2 Å². The highest BCUT2D eigenvalue weighted by molar-refractivity contribution is 5.88. The molecule has 0 spiro atoms. The average Bonchev–Trinajstić information content (AvgIpc) is 3.16. The number of aromatic nitrogens is 3. The highest BCUT2D eigenvalue weighted by Crippen LogP contribution is 2.31. The molecule has 0 saturated carbocycles. The van der Waals surface area contributed by atoms with Crippen LogP contribution in [0.5, 0.6) is 0 Å². The number of anilines is 2. The quantitative estimate of drug-likeness (QED) is 0.727. The predicted octanol–water partition coefficient (Wildman–Crippen LogP) is 3.08. The number of nitrogens with one attached hydrogen (secondary N) is 1. The van der Waals surface area contributed by atoms with Crippen molar-refractivity contribution in [1.29, 1.82) is 0 Å². The number of benzene rings is 1. The van der Waals surface area contributed by atoms with E-state index in [9.17, 15) is 4.39 Å². The Hall–Kier alpha value is -2.74. The van der Waals surface area contributed by atoms with Crippen molar-refractivity contribution in [2.45, 2.75) is 25.8 Å². The highest BCUT2D eigenvalue weighted by atomic mass is 19.1. The lowest BCUT2D eigenvalue weighted by molar-refractivity contribution is 0.0994. The Morgan fingerprint density at radius 3 is 2.90 bits per heavy atom. The SMILES string of the molecule is Cc1cnc(NC[C@@H]2CC[C@H]3CN(c4noc5ccc(F)cc45)CCN3C2)nc1. The summed E-state index contributed by atoms with van der Waals surface area (Å²) in [4.78, 5) is 13.5. The zero-order valence-electron chi connectivity index (χ0n) is 16.5. The van der Waals surface area contributed by atoms with E-state index in [0.29, 0.717) is 23.5 Å². The van der Waals surface area contributed by atoms with Gasteiger partial charge in [0.25, 0.3) is 0 Å². The molecule has 2 saturated heterocycles. The van der Waals surface area contributed by atoms with Crippen molar-refractivity contribution < 1.29 is 8.91 Å². The van der Waals surface area contributed by atoms with Crippen LogP contribution in [-0.4, -0.2) is 58.8 Å². The number of piperidine rings is 1. The third-order valence-electron chi connectivity index (χ3n) is 6.05. The van der Waals surface area contributed by atoms with Gasteiger partial charge in [-0.3, -0.25) is 4.90 Å². The molecule has 2 aliphatic rings. The van der Waals surface area contributed by atoms with E-state index in [1.54, 1.807) is 6.07 Å². The van der Waals surface area contributed by atoms with E-state index in [1.165, 1.54) is 18.6 Å². The standard InChI is InChI=1S/C21H25FN6O/c1-14-9-23-21(24-10-14)25-11-15-2-4-17-13-28(7-6-27(17)12-15)20-18-8-16(22)3-5-19(18)29-26-20/h3,5,8-10,15,17H,2,4,6-7,11-13H2,1H3,(H,23,24,25)/t15-,17-/m0/s1. The smallest absolute Gasteiger partial charge is 0.222 e. The molecule has 0 unspecified atom stereocenters. The van der Waals surface area contributed by atoms with Crippen molar-refractivity contribution in [3.8, 4) is 0 Å². The second-order valence-corrected chi connectivity index (χ2v) is 8.15. The fourth-order valence-electron chi connectivity index (χ4n) is 4.46. The molecule has 2 aromatic heterocycles. The van der Waals surface area contributed by atoms with Crippen molar-refractivity contribution in [2.75, 3.05) is 42.9 Å². The van der Waals surface area contributed by atoms with Crippen molar-refractivity contribution in [3.63, 3.8) is 0 Å². The van der Waals surface area contributed by atoms with Gasteiger partial charge in [-0.2, -0.15) is 0 Å². The molecule has 0 amide bonds. The van der Waals surface area contributed by atoms with Crippen LogP contribution in [-0.2, 0) is 0 Å². The lowest BCUT2D eigenvalue weighted by Gasteiger charge is -2.46. The number of halogens is 1. The molecule has 2 atom stereocenters. The van der Waals surface area contributed by atoms with Crippen LogP contribution < -0.4 is 10.2 Å². The molecule has 2 aliphatic heterocycles. The first-order valence-electron chi connectivity index (χ1n) is 10.2. The number of piperazine rings is 1. The largest absolute Gasteiger partial charge is 0.354 e. The van der Waals surface area contributed by atoms with Gasteiger partial charge >= 0.3 is 0 Å². The Morgan fingerprint density at radius 2 is 2.03 bits per heavy atom. The molecule has 1 N–H and O–H groups in total. The van der Waals surface area contributed by atoms with E-state index in [-0.39, 0.29) is 5.82 Å². The minimum atomic E-state index is -0.258. The van der Waals surface area contributed by atoms with Crippen LogP contribution in [0.1, 0.15) is 18.4 Å². The minimum absolute atomic E-state index is 0.258. The maximum Gasteiger partial charge on any atom is 0.222 e. The Bertz CT molecular complexity index is 991. The zero-order chi connectivity index (χ0) is 19.8. The Morgan fingerprint density at radius 1 is 1.17 bits per heavy atom. The molecule has 7 nitrogen and oxygen atoms in total. The van der Waals surface area contributed by atoms with Gasteiger partial charge in [-0.15, -0.1) is 0 Å². The van der Waals surface area contributed by atoms with Gasteiger partial charge in [0.1, 0.15) is 5.82 Å². The summed E-state index contributed by atoms with van der Waals surface area (Å²) in [7, 11) is 0. The molecular weight excluding hydrogens is 371 g/mol. The van der Waals surface area contributed by atoms with E-state index >= 15 is 0 Å². The van der Waals surface area contributed by atoms with Crippen LogP contribution in [0.25, 0.3) is 11.0 Å². The van der Waals surface area contributed by atoms with E-state index in [2.05, 4.69) is 30.2 Å². The number of hydrogen-bond donors (Lipinski definition) is 1. The fourth-order valence-corrected chi connectivity index (χ4v) is 4.46. The second kappa shape index (κ2) is 7.59. The summed E-state index contributed by atoms with van der Waals surface area (Å²) in [6.07, 6.45) is 5.99. The summed E-state index contributed by atoms with van der Waals surface area (Å²) >= 11 is 0. The van der Waals surface area contributed by atoms with Gasteiger partial charge in [-0.25, -0.2) is 14.4 Å². The maximum atomic E-state index is 13.7. The van der Waals surface area contributed by atoms with E-state index < -0.39 is 0 Å². The average molecular weight is 396 g/mol. The first-order chi connectivity index (χ1) is 14.2. The third kappa shape index (κ3) is 3.76. The van der Waals surface area contributed by atoms with Gasteiger partial charge < -0.3 is 14.7 Å². The summed E-state index contributed by atoms with van der Waals surface area (Å²) < 4.78 is 19.1. The third-order valence-corrected chi connectivity index (χ3v) is 6.05. The number of hydrogen-bond acceptors (Lipinski definition) is 7. The molecule has 0 aliphatic carbocycles. The van der Waals surface area contributed by atoms with Crippen LogP contribution in [0.3, 0.4) is 0 Å². The Kier molecular flexibility index (Phi) is 4.79. The lowest BCUT2D eigenvalue weighted by Crippen LogP contribution is -2.57. The molecule has 0 radical (unpaired) electrons. The normalized spacial score (nSPS) is 22.6. The van der Waals surface area contributed by atoms with Crippen LogP contribution in [0.2, 0.25) is 0 Å². The summed E-state index contributed by atoms with van der Waals surface area (Å²) in [6.45, 7) is 6.71. The lowest BCUT2D eigenvalue weighted by atomic mass is 9.91. The molecule has 0 bridgehead atoms. The minimum Gasteiger partial charge on any atom is -0.354 e. The molecule has 2 fully saturated rings. The Balaban J connectivity index is 1.20. The number of nitrogens with zero attached hydrogens (tertiary/aromatic N) is 5. The zero-order valence-corrected chi connectivity index (χ0v) is 16.5. The molecule has 1 aromatic carbocycles. The Labute approximate surface area is 168 Å². The van der Waals surface area contributed by atoms with Crippen molar-refractivity contribution in [2.24, 2.45) is 5.92 Å². The topological polar surface area (TPSA) is 70.3 Å². The monoisotopic (exact) mass is 396 g/mol. The van der Waals surface area contributed by atoms with Crippen molar-refractivity contribution in [3.05, 3.63) is 42.0 Å².